The van der Waals surface area contributed by atoms with Crippen molar-refractivity contribution in [2.75, 3.05) is 6.54 Å². The van der Waals surface area contributed by atoms with Gasteiger partial charge in [0.2, 0.25) is 5.88 Å². The van der Waals surface area contributed by atoms with E-state index >= 15 is 0 Å². The number of hydrogen-bond donors (Lipinski definition) is 0. The lowest BCUT2D eigenvalue weighted by Gasteiger charge is -2.62. The maximum absolute atomic E-state index is 12.7. The molecule has 5 nitrogen and oxygen atoms in total. The van der Waals surface area contributed by atoms with Crippen LogP contribution >= 0.6 is 0 Å². The second kappa shape index (κ2) is 4.67. The molecule has 2 saturated carbocycles. The van der Waals surface area contributed by atoms with Crippen molar-refractivity contribution in [3.8, 4) is 5.88 Å². The van der Waals surface area contributed by atoms with Crippen LogP contribution in [0.1, 0.15) is 42.6 Å². The molecule has 7 heteroatoms. The molecular weight excluding hydrogens is 292 g/mol. The second-order valence-electron chi connectivity index (χ2n) is 6.80. The maximum atomic E-state index is 12.7. The van der Waals surface area contributed by atoms with Crippen molar-refractivity contribution in [1.82, 2.24) is 14.7 Å². The summed E-state index contributed by atoms with van der Waals surface area (Å²) >= 11 is 0. The number of rotatable bonds is 4. The third kappa shape index (κ3) is 2.01. The summed E-state index contributed by atoms with van der Waals surface area (Å²) in [5.74, 6) is 0.382. The fourth-order valence-electron chi connectivity index (χ4n) is 4.10. The lowest BCUT2D eigenvalue weighted by Crippen LogP contribution is -2.69. The van der Waals surface area contributed by atoms with Crippen molar-refractivity contribution < 1.29 is 18.3 Å². The summed E-state index contributed by atoms with van der Waals surface area (Å²) in [7, 11) is 1.50. The predicted octanol–water partition coefficient (Wildman–Crippen LogP) is 2.43. The van der Waals surface area contributed by atoms with E-state index in [1.165, 1.54) is 49.9 Å². The molecule has 1 atom stereocenters. The molecule has 120 valence electrons. The summed E-state index contributed by atoms with van der Waals surface area (Å²) in [5.41, 5.74) is 0.534. The summed E-state index contributed by atoms with van der Waals surface area (Å²) in [6, 6.07) is 1.64. The first-order chi connectivity index (χ1) is 10.5. The Balaban J connectivity index is 1.52. The van der Waals surface area contributed by atoms with E-state index in [9.17, 15) is 13.6 Å². The Morgan fingerprint density at radius 3 is 2.73 bits per heavy atom. The fraction of sp³-hybridized carbons (Fsp3) is 0.733. The third-order valence-corrected chi connectivity index (χ3v) is 5.39. The van der Waals surface area contributed by atoms with Gasteiger partial charge in [0.25, 0.3) is 5.91 Å². The van der Waals surface area contributed by atoms with Gasteiger partial charge in [-0.2, -0.15) is 13.9 Å². The first-order valence-electron chi connectivity index (χ1n) is 7.80. The summed E-state index contributed by atoms with van der Waals surface area (Å²) in [4.78, 5) is 14.5. The quantitative estimate of drug-likeness (QED) is 0.858. The Hall–Kier alpha value is -1.66. The van der Waals surface area contributed by atoms with Crippen molar-refractivity contribution in [3.63, 3.8) is 0 Å². The first-order valence-corrected chi connectivity index (χ1v) is 7.80. The van der Waals surface area contributed by atoms with Crippen LogP contribution in [0.25, 0.3) is 0 Å². The van der Waals surface area contributed by atoms with Gasteiger partial charge in [0.15, 0.2) is 5.69 Å². The molecular formula is C15H19F2N3O2. The van der Waals surface area contributed by atoms with E-state index in [2.05, 4.69) is 9.84 Å². The molecule has 0 N–H and O–H groups in total. The highest BCUT2D eigenvalue weighted by Crippen LogP contribution is 2.59. The first kappa shape index (κ1) is 14.0. The van der Waals surface area contributed by atoms with E-state index in [0.717, 1.165) is 6.54 Å². The van der Waals surface area contributed by atoms with Gasteiger partial charge in [-0.3, -0.25) is 4.79 Å². The minimum atomic E-state index is -2.92. The van der Waals surface area contributed by atoms with Gasteiger partial charge in [-0.25, -0.2) is 4.68 Å². The van der Waals surface area contributed by atoms with E-state index < -0.39 is 6.61 Å². The van der Waals surface area contributed by atoms with Crippen LogP contribution in [0.5, 0.6) is 5.88 Å². The Labute approximate surface area is 127 Å². The van der Waals surface area contributed by atoms with Crippen molar-refractivity contribution in [2.24, 2.45) is 18.4 Å². The number of nitrogens with zero attached hydrogens (tertiary/aromatic N) is 3. The molecule has 1 saturated heterocycles. The third-order valence-electron chi connectivity index (χ3n) is 5.39. The molecule has 1 amide bonds. The van der Waals surface area contributed by atoms with E-state index in [1.54, 1.807) is 0 Å². The topological polar surface area (TPSA) is 47.4 Å². The van der Waals surface area contributed by atoms with E-state index in [1.807, 2.05) is 4.90 Å². The number of hydrogen-bond acceptors (Lipinski definition) is 3. The predicted molar refractivity (Wildman–Crippen MR) is 73.7 cm³/mol. The summed E-state index contributed by atoms with van der Waals surface area (Å²) in [5, 5.41) is 4.04. The maximum Gasteiger partial charge on any atom is 0.388 e. The lowest BCUT2D eigenvalue weighted by atomic mass is 9.56. The molecule has 2 heterocycles. The molecule has 3 fully saturated rings. The number of aromatic nitrogens is 2. The number of carbonyl (C=O) groups is 1. The Morgan fingerprint density at radius 1 is 1.45 bits per heavy atom. The van der Waals surface area contributed by atoms with Gasteiger partial charge in [-0.15, -0.1) is 0 Å². The van der Waals surface area contributed by atoms with Crippen molar-refractivity contribution in [3.05, 3.63) is 11.8 Å². The summed E-state index contributed by atoms with van der Waals surface area (Å²) < 4.78 is 30.2. The van der Waals surface area contributed by atoms with E-state index in [4.69, 9.17) is 0 Å². The molecule has 1 aliphatic heterocycles. The number of likely N-dealkylation sites (tertiary alicyclic amines) is 1. The summed E-state index contributed by atoms with van der Waals surface area (Å²) in [6.45, 7) is -2.13. The summed E-state index contributed by atoms with van der Waals surface area (Å²) in [6.07, 6.45) is 6.05. The molecule has 0 bridgehead atoms. The molecule has 1 spiro atoms. The highest BCUT2D eigenvalue weighted by atomic mass is 19.3. The van der Waals surface area contributed by atoms with E-state index in [-0.39, 0.29) is 17.5 Å². The smallest absolute Gasteiger partial charge is 0.388 e. The average Bonchev–Trinajstić information content (AvgIpc) is 3.11. The normalized spacial score (nSPS) is 26.0. The van der Waals surface area contributed by atoms with Crippen molar-refractivity contribution >= 4 is 5.91 Å². The molecule has 3 aliphatic rings. The molecule has 1 aromatic rings. The van der Waals surface area contributed by atoms with Gasteiger partial charge < -0.3 is 9.64 Å². The molecule has 22 heavy (non-hydrogen) atoms. The van der Waals surface area contributed by atoms with Gasteiger partial charge in [-0.05, 0) is 31.6 Å². The standard InChI is InChI=1S/C15H19F2N3O2/c1-19-11(22-14(16)17)7-10(18-19)13(21)20-8-15(5-2-6-15)12(20)9-3-4-9/h7,9,12,14H,2-6,8H2,1H3. The van der Waals surface area contributed by atoms with E-state index in [0.29, 0.717) is 17.4 Å². The van der Waals surface area contributed by atoms with Crippen LogP contribution in [0.2, 0.25) is 0 Å². The van der Waals surface area contributed by atoms with Gasteiger partial charge in [0.05, 0.1) is 0 Å². The number of ether oxygens (including phenoxy) is 1. The highest BCUT2D eigenvalue weighted by molar-refractivity contribution is 5.93. The monoisotopic (exact) mass is 311 g/mol. The Kier molecular flexibility index (Phi) is 2.96. The van der Waals surface area contributed by atoms with Crippen LogP contribution in [-0.4, -0.2) is 39.8 Å². The molecule has 0 radical (unpaired) electrons. The fourth-order valence-corrected chi connectivity index (χ4v) is 4.10. The van der Waals surface area contributed by atoms with Gasteiger partial charge >= 0.3 is 6.61 Å². The minimum absolute atomic E-state index is 0.0831. The lowest BCUT2D eigenvalue weighted by molar-refractivity contribution is -0.111. The molecule has 0 aromatic carbocycles. The SMILES string of the molecule is Cn1nc(C(=O)N2CC3(CCC3)C2C2CC2)cc1OC(F)F. The Morgan fingerprint density at radius 2 is 2.18 bits per heavy atom. The number of aryl methyl sites for hydroxylation is 1. The van der Waals surface area contributed by atoms with Gasteiger partial charge in [0, 0.05) is 31.1 Å². The average molecular weight is 311 g/mol. The van der Waals surface area contributed by atoms with Crippen LogP contribution in [0, 0.1) is 11.3 Å². The van der Waals surface area contributed by atoms with Crippen LogP contribution < -0.4 is 4.74 Å². The molecule has 2 aliphatic carbocycles. The number of alkyl halides is 2. The van der Waals surface area contributed by atoms with Crippen LogP contribution in [0.4, 0.5) is 8.78 Å². The second-order valence-corrected chi connectivity index (χ2v) is 6.80. The molecule has 1 aromatic heterocycles. The van der Waals surface area contributed by atoms with Crippen LogP contribution in [0.15, 0.2) is 6.07 Å². The number of carbonyl (C=O) groups excluding carboxylic acids is 1. The molecule has 4 rings (SSSR count). The van der Waals surface area contributed by atoms with Gasteiger partial charge in [-0.1, -0.05) is 6.42 Å². The zero-order valence-electron chi connectivity index (χ0n) is 12.5. The molecule has 1 unspecified atom stereocenters. The zero-order chi connectivity index (χ0) is 15.5. The van der Waals surface area contributed by atoms with Crippen LogP contribution in [0.3, 0.4) is 0 Å². The number of halogens is 2. The van der Waals surface area contributed by atoms with Crippen molar-refractivity contribution in [1.29, 1.82) is 0 Å². The van der Waals surface area contributed by atoms with Gasteiger partial charge in [0.1, 0.15) is 0 Å². The Bertz CT molecular complexity index is 608. The highest BCUT2D eigenvalue weighted by Gasteiger charge is 2.61. The zero-order valence-corrected chi connectivity index (χ0v) is 12.5. The van der Waals surface area contributed by atoms with Crippen molar-refractivity contribution in [2.45, 2.75) is 44.8 Å². The van der Waals surface area contributed by atoms with Crippen LogP contribution in [-0.2, 0) is 7.05 Å². The number of amides is 1. The minimum Gasteiger partial charge on any atom is -0.417 e. The largest absolute Gasteiger partial charge is 0.417 e.